The molecule has 3 rings (SSSR count). The molecule has 0 radical (unpaired) electrons. The number of para-hydroxylation sites is 1. The lowest BCUT2D eigenvalue weighted by Crippen LogP contribution is -1.95. The molecule has 0 aliphatic rings. The van der Waals surface area contributed by atoms with Crippen molar-refractivity contribution in [3.05, 3.63) is 72.3 Å². The highest BCUT2D eigenvalue weighted by atomic mass is 16.3. The van der Waals surface area contributed by atoms with Crippen LogP contribution in [0, 0.1) is 0 Å². The van der Waals surface area contributed by atoms with Crippen molar-refractivity contribution >= 4 is 21.9 Å². The predicted molar refractivity (Wildman–Crippen MR) is 86.1 cm³/mol. The molecular formula is C19H18O. The molecule has 1 heterocycles. The maximum atomic E-state index is 5.87. The fourth-order valence-corrected chi connectivity index (χ4v) is 2.69. The van der Waals surface area contributed by atoms with Gasteiger partial charge < -0.3 is 4.42 Å². The second kappa shape index (κ2) is 5.01. The largest absolute Gasteiger partial charge is 0.456 e. The summed E-state index contributed by atoms with van der Waals surface area (Å²) < 4.78 is 5.87. The molecule has 0 spiro atoms. The highest BCUT2D eigenvalue weighted by Crippen LogP contribution is 2.33. The van der Waals surface area contributed by atoms with Crippen LogP contribution in [0.25, 0.3) is 21.9 Å². The Morgan fingerprint density at radius 3 is 2.60 bits per heavy atom. The monoisotopic (exact) mass is 262 g/mol. The Kier molecular flexibility index (Phi) is 3.19. The van der Waals surface area contributed by atoms with Crippen molar-refractivity contribution < 1.29 is 4.42 Å². The van der Waals surface area contributed by atoms with E-state index in [4.69, 9.17) is 4.42 Å². The van der Waals surface area contributed by atoms with E-state index in [1.807, 2.05) is 25.1 Å². The predicted octanol–water partition coefficient (Wildman–Crippen LogP) is 5.82. The van der Waals surface area contributed by atoms with Crippen LogP contribution in [-0.4, -0.2) is 0 Å². The van der Waals surface area contributed by atoms with Gasteiger partial charge in [0.1, 0.15) is 11.2 Å². The summed E-state index contributed by atoms with van der Waals surface area (Å²) in [7, 11) is 0. The van der Waals surface area contributed by atoms with Gasteiger partial charge in [0.15, 0.2) is 0 Å². The molecule has 0 aliphatic heterocycles. The second-order valence-electron chi connectivity index (χ2n) is 5.20. The first kappa shape index (κ1) is 12.7. The van der Waals surface area contributed by atoms with E-state index in [1.54, 1.807) is 0 Å². The number of hydrogen-bond acceptors (Lipinski definition) is 1. The number of benzene rings is 2. The Hall–Kier alpha value is -2.28. The van der Waals surface area contributed by atoms with E-state index in [-0.39, 0.29) is 5.92 Å². The van der Waals surface area contributed by atoms with Crippen molar-refractivity contribution in [1.82, 2.24) is 0 Å². The van der Waals surface area contributed by atoms with Crippen LogP contribution < -0.4 is 0 Å². The third-order valence-corrected chi connectivity index (χ3v) is 3.68. The van der Waals surface area contributed by atoms with Gasteiger partial charge in [-0.3, -0.25) is 0 Å². The number of allylic oxidation sites excluding steroid dienone is 3. The molecule has 1 atom stereocenters. The van der Waals surface area contributed by atoms with Crippen molar-refractivity contribution in [2.45, 2.75) is 19.8 Å². The first-order valence-electron chi connectivity index (χ1n) is 6.90. The molecular weight excluding hydrogens is 244 g/mol. The van der Waals surface area contributed by atoms with Crippen LogP contribution in [0.5, 0.6) is 0 Å². The van der Waals surface area contributed by atoms with Gasteiger partial charge in [-0.05, 0) is 37.6 Å². The molecule has 0 fully saturated rings. The third kappa shape index (κ3) is 2.05. The summed E-state index contributed by atoms with van der Waals surface area (Å²) in [4.78, 5) is 0. The van der Waals surface area contributed by atoms with Crippen molar-refractivity contribution in [3.8, 4) is 0 Å². The lowest BCUT2D eigenvalue weighted by molar-refractivity contribution is 0.668. The van der Waals surface area contributed by atoms with Gasteiger partial charge in [-0.25, -0.2) is 0 Å². The number of fused-ring (bicyclic) bond motifs is 3. The summed E-state index contributed by atoms with van der Waals surface area (Å²) in [6.45, 7) is 8.22. The zero-order chi connectivity index (χ0) is 14.1. The van der Waals surface area contributed by atoms with Crippen molar-refractivity contribution in [3.63, 3.8) is 0 Å². The highest BCUT2D eigenvalue weighted by Gasteiger charge is 2.12. The minimum Gasteiger partial charge on any atom is -0.456 e. The molecule has 2 aromatic carbocycles. The standard InChI is InChI=1S/C19H18O/c1-4-7-15(13(2)3)14-10-11-19-17(12-14)16-8-5-6-9-18(16)20-19/h4-12,15H,2H2,1,3H3/b7-4-/t15-/m0/s1. The molecule has 0 unspecified atom stereocenters. The lowest BCUT2D eigenvalue weighted by atomic mass is 9.91. The Morgan fingerprint density at radius 1 is 1.10 bits per heavy atom. The van der Waals surface area contributed by atoms with Crippen LogP contribution in [-0.2, 0) is 0 Å². The Balaban J connectivity index is 2.23. The van der Waals surface area contributed by atoms with Gasteiger partial charge in [0.05, 0.1) is 0 Å². The SMILES string of the molecule is C=C(C)[C@H](/C=C\C)c1ccc2oc3ccccc3c2c1. The molecule has 0 saturated carbocycles. The van der Waals surface area contributed by atoms with Gasteiger partial charge in [0.25, 0.3) is 0 Å². The Morgan fingerprint density at radius 2 is 1.85 bits per heavy atom. The maximum absolute atomic E-state index is 5.87. The van der Waals surface area contributed by atoms with Gasteiger partial charge in [-0.15, -0.1) is 0 Å². The van der Waals surface area contributed by atoms with Crippen molar-refractivity contribution in [2.75, 3.05) is 0 Å². The molecule has 1 nitrogen and oxygen atoms in total. The average Bonchev–Trinajstić information content (AvgIpc) is 2.82. The fourth-order valence-electron chi connectivity index (χ4n) is 2.69. The molecule has 100 valence electrons. The van der Waals surface area contributed by atoms with Crippen LogP contribution >= 0.6 is 0 Å². The van der Waals surface area contributed by atoms with Gasteiger partial charge in [-0.2, -0.15) is 0 Å². The summed E-state index contributed by atoms with van der Waals surface area (Å²) in [6, 6.07) is 14.6. The first-order chi connectivity index (χ1) is 9.70. The maximum Gasteiger partial charge on any atom is 0.135 e. The van der Waals surface area contributed by atoms with E-state index in [1.165, 1.54) is 16.3 Å². The van der Waals surface area contributed by atoms with Crippen LogP contribution in [0.2, 0.25) is 0 Å². The number of furan rings is 1. The van der Waals surface area contributed by atoms with E-state index in [0.29, 0.717) is 0 Å². The average molecular weight is 262 g/mol. The topological polar surface area (TPSA) is 13.1 Å². The van der Waals surface area contributed by atoms with E-state index < -0.39 is 0 Å². The zero-order valence-electron chi connectivity index (χ0n) is 11.9. The van der Waals surface area contributed by atoms with Gasteiger partial charge in [-0.1, -0.05) is 48.6 Å². The number of hydrogen-bond donors (Lipinski definition) is 0. The van der Waals surface area contributed by atoms with E-state index in [2.05, 4.69) is 49.9 Å². The van der Waals surface area contributed by atoms with Crippen LogP contribution in [0.1, 0.15) is 25.3 Å². The lowest BCUT2D eigenvalue weighted by Gasteiger charge is -2.13. The quantitative estimate of drug-likeness (QED) is 0.542. The molecule has 0 amide bonds. The molecule has 0 aliphatic carbocycles. The molecule has 20 heavy (non-hydrogen) atoms. The summed E-state index contributed by atoms with van der Waals surface area (Å²) in [5.74, 6) is 0.262. The van der Waals surface area contributed by atoms with Crippen molar-refractivity contribution in [1.29, 1.82) is 0 Å². The second-order valence-corrected chi connectivity index (χ2v) is 5.20. The summed E-state index contributed by atoms with van der Waals surface area (Å²) in [5, 5.41) is 2.35. The highest BCUT2D eigenvalue weighted by molar-refractivity contribution is 6.05. The van der Waals surface area contributed by atoms with Gasteiger partial charge >= 0.3 is 0 Å². The smallest absolute Gasteiger partial charge is 0.135 e. The molecule has 1 aromatic heterocycles. The summed E-state index contributed by atoms with van der Waals surface area (Å²) >= 11 is 0. The van der Waals surface area contributed by atoms with Gasteiger partial charge in [0, 0.05) is 16.7 Å². The number of rotatable bonds is 3. The summed E-state index contributed by atoms with van der Waals surface area (Å²) in [5.41, 5.74) is 4.29. The van der Waals surface area contributed by atoms with Crippen LogP contribution in [0.4, 0.5) is 0 Å². The molecule has 3 aromatic rings. The summed E-state index contributed by atoms with van der Waals surface area (Å²) in [6.07, 6.45) is 4.27. The third-order valence-electron chi connectivity index (χ3n) is 3.68. The minimum atomic E-state index is 0.262. The Bertz CT molecular complexity index is 805. The molecule has 1 heteroatoms. The van der Waals surface area contributed by atoms with E-state index in [9.17, 15) is 0 Å². The normalized spacial score (nSPS) is 13.3. The Labute approximate surface area is 119 Å². The van der Waals surface area contributed by atoms with Crippen LogP contribution in [0.15, 0.2) is 71.2 Å². The first-order valence-corrected chi connectivity index (χ1v) is 6.90. The van der Waals surface area contributed by atoms with Crippen molar-refractivity contribution in [2.24, 2.45) is 0 Å². The minimum absolute atomic E-state index is 0.262. The van der Waals surface area contributed by atoms with E-state index >= 15 is 0 Å². The fraction of sp³-hybridized carbons (Fsp3) is 0.158. The molecule has 0 N–H and O–H groups in total. The zero-order valence-corrected chi connectivity index (χ0v) is 11.9. The van der Waals surface area contributed by atoms with Crippen LogP contribution in [0.3, 0.4) is 0 Å². The van der Waals surface area contributed by atoms with E-state index in [0.717, 1.165) is 16.7 Å². The molecule has 0 bridgehead atoms. The molecule has 0 saturated heterocycles. The van der Waals surface area contributed by atoms with Gasteiger partial charge in [0.2, 0.25) is 0 Å².